The zero-order chi connectivity index (χ0) is 26.7. The number of amides is 2. The first kappa shape index (κ1) is 26.0. The van der Waals surface area contributed by atoms with Crippen molar-refractivity contribution in [3.05, 3.63) is 65.1 Å². The molecular formula is C28H30FN5O3. The van der Waals surface area contributed by atoms with Crippen LogP contribution in [0.3, 0.4) is 0 Å². The predicted octanol–water partition coefficient (Wildman–Crippen LogP) is 3.73. The van der Waals surface area contributed by atoms with E-state index in [1.165, 1.54) is 16.8 Å². The summed E-state index contributed by atoms with van der Waals surface area (Å²) < 4.78 is 16.3. The quantitative estimate of drug-likeness (QED) is 0.510. The van der Waals surface area contributed by atoms with Gasteiger partial charge in [-0.25, -0.2) is 4.39 Å². The van der Waals surface area contributed by atoms with Gasteiger partial charge in [-0.05, 0) is 41.5 Å². The maximum absolute atomic E-state index is 14.9. The number of Topliss-reactive ketones (excluding diaryl/α,β-unsaturated/α-hetero) is 1. The fraction of sp³-hybridized carbons (Fsp3) is 0.393. The highest BCUT2D eigenvalue weighted by atomic mass is 19.1. The number of nitriles is 1. The second-order valence-corrected chi connectivity index (χ2v) is 10.6. The Labute approximate surface area is 214 Å². The minimum absolute atomic E-state index is 0.0200. The van der Waals surface area contributed by atoms with Gasteiger partial charge in [-0.1, -0.05) is 45.0 Å². The van der Waals surface area contributed by atoms with Crippen LogP contribution in [0.5, 0.6) is 0 Å². The molecule has 1 fully saturated rings. The topological polar surface area (TPSA) is 117 Å². The molecule has 192 valence electrons. The first-order valence-corrected chi connectivity index (χ1v) is 12.3. The second-order valence-electron chi connectivity index (χ2n) is 10.6. The SMILES string of the molecule is CC(C)(C)[C@H](NC(=O)c1nn(Cc2ccc(C#N)cc2)c2c(F)cccc12)C(=O)NCC1CCC(=O)C1. The molecule has 4 rings (SSSR count). The van der Waals surface area contributed by atoms with E-state index in [-0.39, 0.29) is 35.4 Å². The number of nitrogens with zero attached hydrogens (tertiary/aromatic N) is 3. The Kier molecular flexibility index (Phi) is 7.39. The third kappa shape index (κ3) is 5.85. The van der Waals surface area contributed by atoms with E-state index in [9.17, 15) is 18.8 Å². The number of halogens is 1. The Morgan fingerprint density at radius 2 is 1.95 bits per heavy atom. The van der Waals surface area contributed by atoms with Crippen LogP contribution in [0.15, 0.2) is 42.5 Å². The van der Waals surface area contributed by atoms with Gasteiger partial charge in [-0.3, -0.25) is 19.1 Å². The summed E-state index contributed by atoms with van der Waals surface area (Å²) in [6.45, 7) is 6.10. The van der Waals surface area contributed by atoms with Crippen LogP contribution in [0.25, 0.3) is 10.9 Å². The fourth-order valence-corrected chi connectivity index (χ4v) is 4.62. The number of ketones is 1. The molecule has 3 aromatic rings. The minimum Gasteiger partial charge on any atom is -0.354 e. The van der Waals surface area contributed by atoms with Crippen LogP contribution in [-0.4, -0.2) is 40.0 Å². The van der Waals surface area contributed by atoms with E-state index in [1.807, 2.05) is 20.8 Å². The normalized spacial score (nSPS) is 16.4. The summed E-state index contributed by atoms with van der Waals surface area (Å²) in [4.78, 5) is 38.1. The van der Waals surface area contributed by atoms with E-state index in [2.05, 4.69) is 21.8 Å². The maximum Gasteiger partial charge on any atom is 0.273 e. The number of fused-ring (bicyclic) bond motifs is 1. The van der Waals surface area contributed by atoms with Gasteiger partial charge in [0.25, 0.3) is 5.91 Å². The number of hydrogen-bond donors (Lipinski definition) is 2. The molecule has 1 aliphatic carbocycles. The molecule has 1 aromatic heterocycles. The molecule has 0 radical (unpaired) electrons. The van der Waals surface area contributed by atoms with Crippen molar-refractivity contribution in [1.29, 1.82) is 5.26 Å². The van der Waals surface area contributed by atoms with E-state index in [0.717, 1.165) is 12.0 Å². The lowest BCUT2D eigenvalue weighted by Gasteiger charge is -2.30. The van der Waals surface area contributed by atoms with Crippen molar-refractivity contribution in [2.45, 2.75) is 52.6 Å². The molecule has 2 N–H and O–H groups in total. The van der Waals surface area contributed by atoms with Gasteiger partial charge >= 0.3 is 0 Å². The highest BCUT2D eigenvalue weighted by molar-refractivity contribution is 6.06. The molecule has 1 heterocycles. The van der Waals surface area contributed by atoms with E-state index in [0.29, 0.717) is 30.3 Å². The third-order valence-electron chi connectivity index (χ3n) is 6.67. The zero-order valence-corrected chi connectivity index (χ0v) is 21.2. The Hall–Kier alpha value is -4.06. The maximum atomic E-state index is 14.9. The van der Waals surface area contributed by atoms with Gasteiger partial charge < -0.3 is 10.6 Å². The van der Waals surface area contributed by atoms with Crippen LogP contribution < -0.4 is 10.6 Å². The molecule has 37 heavy (non-hydrogen) atoms. The van der Waals surface area contributed by atoms with Crippen LogP contribution >= 0.6 is 0 Å². The summed E-state index contributed by atoms with van der Waals surface area (Å²) >= 11 is 0. The van der Waals surface area contributed by atoms with Crippen LogP contribution in [0.4, 0.5) is 4.39 Å². The van der Waals surface area contributed by atoms with Crippen LogP contribution in [0.1, 0.15) is 61.6 Å². The van der Waals surface area contributed by atoms with E-state index >= 15 is 0 Å². The molecule has 0 spiro atoms. The van der Waals surface area contributed by atoms with Gasteiger partial charge in [0.15, 0.2) is 5.69 Å². The van der Waals surface area contributed by atoms with E-state index in [4.69, 9.17) is 5.26 Å². The highest BCUT2D eigenvalue weighted by Crippen LogP contribution is 2.25. The molecule has 2 amide bonds. The lowest BCUT2D eigenvalue weighted by Crippen LogP contribution is -2.54. The van der Waals surface area contributed by atoms with Gasteiger partial charge in [-0.15, -0.1) is 0 Å². The van der Waals surface area contributed by atoms with E-state index in [1.54, 1.807) is 30.3 Å². The molecule has 1 aliphatic rings. The summed E-state index contributed by atoms with van der Waals surface area (Å²) in [5.74, 6) is -1.13. The molecule has 1 unspecified atom stereocenters. The molecule has 9 heteroatoms. The summed E-state index contributed by atoms with van der Waals surface area (Å²) in [5.41, 5.74) is 0.880. The first-order valence-electron chi connectivity index (χ1n) is 12.3. The Morgan fingerprint density at radius 1 is 1.22 bits per heavy atom. The number of carbonyl (C=O) groups is 3. The Bertz CT molecular complexity index is 1380. The molecule has 2 atom stereocenters. The Morgan fingerprint density at radius 3 is 2.57 bits per heavy atom. The van der Waals surface area contributed by atoms with Gasteiger partial charge in [-0.2, -0.15) is 10.4 Å². The molecular weight excluding hydrogens is 473 g/mol. The molecule has 1 saturated carbocycles. The van der Waals surface area contributed by atoms with Crippen molar-refractivity contribution in [2.24, 2.45) is 11.3 Å². The standard InChI is InChI=1S/C28H30FN5O3/c1-28(2,3)25(27(37)31-15-19-11-12-20(35)13-19)32-26(36)23-21-5-4-6-22(29)24(21)34(33-23)16-18-9-7-17(14-30)8-10-18/h4-10,19,25H,11-13,15-16H2,1-3H3,(H,31,37)(H,32,36)/t19?,25-/m1/s1. The average molecular weight is 504 g/mol. The van der Waals surface area contributed by atoms with Crippen molar-refractivity contribution < 1.29 is 18.8 Å². The second kappa shape index (κ2) is 10.5. The number of para-hydroxylation sites is 1. The minimum atomic E-state index is -0.871. The number of aromatic nitrogens is 2. The van der Waals surface area contributed by atoms with Crippen LogP contribution in [0, 0.1) is 28.5 Å². The number of hydrogen-bond acceptors (Lipinski definition) is 5. The van der Waals surface area contributed by atoms with Crippen molar-refractivity contribution in [3.63, 3.8) is 0 Å². The first-order chi connectivity index (χ1) is 17.6. The third-order valence-corrected chi connectivity index (χ3v) is 6.67. The largest absolute Gasteiger partial charge is 0.354 e. The number of benzene rings is 2. The molecule has 8 nitrogen and oxygen atoms in total. The summed E-state index contributed by atoms with van der Waals surface area (Å²) in [5, 5.41) is 19.5. The summed E-state index contributed by atoms with van der Waals surface area (Å²) in [6, 6.07) is 12.5. The zero-order valence-electron chi connectivity index (χ0n) is 21.2. The fourth-order valence-electron chi connectivity index (χ4n) is 4.62. The highest BCUT2D eigenvalue weighted by Gasteiger charge is 2.35. The predicted molar refractivity (Wildman–Crippen MR) is 136 cm³/mol. The van der Waals surface area contributed by atoms with Gasteiger partial charge in [0, 0.05) is 24.8 Å². The van der Waals surface area contributed by atoms with Gasteiger partial charge in [0.1, 0.15) is 23.2 Å². The van der Waals surface area contributed by atoms with Crippen LogP contribution in [-0.2, 0) is 16.1 Å². The molecule has 0 bridgehead atoms. The smallest absolute Gasteiger partial charge is 0.273 e. The van der Waals surface area contributed by atoms with Gasteiger partial charge in [0.05, 0.1) is 18.2 Å². The Balaban J connectivity index is 1.58. The van der Waals surface area contributed by atoms with Crippen molar-refractivity contribution in [2.75, 3.05) is 6.54 Å². The average Bonchev–Trinajstić information content (AvgIpc) is 3.44. The molecule has 2 aromatic carbocycles. The van der Waals surface area contributed by atoms with Crippen LogP contribution in [0.2, 0.25) is 0 Å². The van der Waals surface area contributed by atoms with E-state index < -0.39 is 23.2 Å². The number of rotatable bonds is 7. The number of nitrogens with one attached hydrogen (secondary N) is 2. The molecule has 0 aliphatic heterocycles. The van der Waals surface area contributed by atoms with Crippen molar-refractivity contribution in [3.8, 4) is 6.07 Å². The van der Waals surface area contributed by atoms with Crippen molar-refractivity contribution in [1.82, 2.24) is 20.4 Å². The van der Waals surface area contributed by atoms with Crippen molar-refractivity contribution >= 4 is 28.5 Å². The monoisotopic (exact) mass is 503 g/mol. The summed E-state index contributed by atoms with van der Waals surface area (Å²) in [7, 11) is 0. The lowest BCUT2D eigenvalue weighted by molar-refractivity contribution is -0.125. The lowest BCUT2D eigenvalue weighted by atomic mass is 9.86. The number of carbonyl (C=O) groups excluding carboxylic acids is 3. The molecule has 0 saturated heterocycles. The summed E-state index contributed by atoms with van der Waals surface area (Å²) in [6.07, 6.45) is 1.75. The van der Waals surface area contributed by atoms with Gasteiger partial charge in [0.2, 0.25) is 5.91 Å².